The van der Waals surface area contributed by atoms with Gasteiger partial charge < -0.3 is 5.32 Å². The van der Waals surface area contributed by atoms with Crippen LogP contribution in [0.25, 0.3) is 0 Å². The van der Waals surface area contributed by atoms with Crippen molar-refractivity contribution in [3.63, 3.8) is 0 Å². The minimum absolute atomic E-state index is 0.235. The van der Waals surface area contributed by atoms with Gasteiger partial charge in [0.2, 0.25) is 0 Å². The van der Waals surface area contributed by atoms with Crippen LogP contribution in [0.1, 0.15) is 38.3 Å². The van der Waals surface area contributed by atoms with Crippen LogP contribution in [0.5, 0.6) is 0 Å². The average Bonchev–Trinajstić information content (AvgIpc) is 2.32. The lowest BCUT2D eigenvalue weighted by Crippen LogP contribution is -2.30. The topological polar surface area (TPSA) is 29.1 Å². The first-order chi connectivity index (χ1) is 8.54. The largest absolute Gasteiger partial charge is 0.314 e. The van der Waals surface area contributed by atoms with Gasteiger partial charge in [0.05, 0.1) is 0 Å². The first-order valence-electron chi connectivity index (χ1n) is 6.69. The molecule has 0 aliphatic heterocycles. The SMILES string of the molecule is CCNC(C)CC(C)S(=O)Cc1ccccc1C. The highest BCUT2D eigenvalue weighted by atomic mass is 32.2. The molecule has 0 fully saturated rings. The maximum Gasteiger partial charge on any atom is 0.0490 e. The molecule has 0 heterocycles. The molecular weight excluding hydrogens is 242 g/mol. The van der Waals surface area contributed by atoms with E-state index in [4.69, 9.17) is 0 Å². The average molecular weight is 267 g/mol. The van der Waals surface area contributed by atoms with E-state index in [-0.39, 0.29) is 5.25 Å². The van der Waals surface area contributed by atoms with Gasteiger partial charge in [-0.15, -0.1) is 0 Å². The Morgan fingerprint density at radius 3 is 2.56 bits per heavy atom. The van der Waals surface area contributed by atoms with Crippen molar-refractivity contribution in [1.29, 1.82) is 0 Å². The van der Waals surface area contributed by atoms with Gasteiger partial charge in [0.25, 0.3) is 0 Å². The standard InChI is InChI=1S/C15H25NOS/c1-5-16-13(3)10-14(4)18(17)11-15-9-7-6-8-12(15)2/h6-9,13-14,16H,5,10-11H2,1-4H3. The zero-order valence-corrected chi connectivity index (χ0v) is 12.7. The predicted molar refractivity (Wildman–Crippen MR) is 80.2 cm³/mol. The molecule has 0 spiro atoms. The van der Waals surface area contributed by atoms with E-state index in [0.717, 1.165) is 13.0 Å². The summed E-state index contributed by atoms with van der Waals surface area (Å²) in [7, 11) is -0.790. The third kappa shape index (κ3) is 4.91. The molecule has 0 saturated carbocycles. The first-order valence-corrected chi connectivity index (χ1v) is 8.07. The Morgan fingerprint density at radius 2 is 1.94 bits per heavy atom. The van der Waals surface area contributed by atoms with Gasteiger partial charge in [-0.3, -0.25) is 4.21 Å². The summed E-state index contributed by atoms with van der Waals surface area (Å²) in [4.78, 5) is 0. The third-order valence-corrected chi connectivity index (χ3v) is 4.93. The number of hydrogen-bond acceptors (Lipinski definition) is 2. The smallest absolute Gasteiger partial charge is 0.0490 e. The van der Waals surface area contributed by atoms with E-state index in [0.29, 0.717) is 11.8 Å². The minimum atomic E-state index is -0.790. The zero-order chi connectivity index (χ0) is 13.5. The maximum absolute atomic E-state index is 12.3. The van der Waals surface area contributed by atoms with Crippen LogP contribution in [0.4, 0.5) is 0 Å². The molecule has 1 aromatic rings. The second-order valence-corrected chi connectivity index (χ2v) is 6.81. The van der Waals surface area contributed by atoms with Crippen LogP contribution < -0.4 is 5.32 Å². The van der Waals surface area contributed by atoms with Crippen molar-refractivity contribution < 1.29 is 4.21 Å². The van der Waals surface area contributed by atoms with Crippen LogP contribution in [-0.4, -0.2) is 22.0 Å². The van der Waals surface area contributed by atoms with E-state index in [1.165, 1.54) is 11.1 Å². The van der Waals surface area contributed by atoms with Gasteiger partial charge in [0.15, 0.2) is 0 Å². The number of nitrogens with one attached hydrogen (secondary N) is 1. The molecule has 1 N–H and O–H groups in total. The molecule has 0 radical (unpaired) electrons. The molecule has 1 aromatic carbocycles. The second-order valence-electron chi connectivity index (χ2n) is 4.96. The summed E-state index contributed by atoms with van der Waals surface area (Å²) in [5, 5.41) is 3.61. The third-order valence-electron chi connectivity index (χ3n) is 3.25. The molecule has 3 unspecified atom stereocenters. The second kappa shape index (κ2) is 7.70. The number of benzene rings is 1. The molecule has 1 rings (SSSR count). The van der Waals surface area contributed by atoms with Crippen molar-refractivity contribution in [2.75, 3.05) is 6.54 Å². The summed E-state index contributed by atoms with van der Waals surface area (Å²) in [6.45, 7) is 9.40. The first kappa shape index (κ1) is 15.4. The van der Waals surface area contributed by atoms with Crippen molar-refractivity contribution in [3.8, 4) is 0 Å². The Labute approximate surface area is 114 Å². The van der Waals surface area contributed by atoms with E-state index in [1.807, 2.05) is 12.1 Å². The predicted octanol–water partition coefficient (Wildman–Crippen LogP) is 3.02. The summed E-state index contributed by atoms with van der Waals surface area (Å²) in [6.07, 6.45) is 0.965. The lowest BCUT2D eigenvalue weighted by atomic mass is 10.1. The Balaban J connectivity index is 2.52. The van der Waals surface area contributed by atoms with Gasteiger partial charge in [-0.2, -0.15) is 0 Å². The van der Waals surface area contributed by atoms with Gasteiger partial charge in [0, 0.05) is 27.8 Å². The fourth-order valence-electron chi connectivity index (χ4n) is 2.10. The molecule has 18 heavy (non-hydrogen) atoms. The number of hydrogen-bond donors (Lipinski definition) is 1. The normalized spacial score (nSPS) is 16.2. The molecule has 0 aliphatic carbocycles. The molecule has 2 nitrogen and oxygen atoms in total. The Bertz CT molecular complexity index is 392. The Kier molecular flexibility index (Phi) is 6.58. The quantitative estimate of drug-likeness (QED) is 0.823. The summed E-state index contributed by atoms with van der Waals surface area (Å²) >= 11 is 0. The number of rotatable bonds is 7. The molecule has 3 heteroatoms. The minimum Gasteiger partial charge on any atom is -0.314 e. The highest BCUT2D eigenvalue weighted by molar-refractivity contribution is 7.84. The number of aryl methyl sites for hydroxylation is 1. The van der Waals surface area contributed by atoms with E-state index >= 15 is 0 Å². The van der Waals surface area contributed by atoms with Crippen molar-refractivity contribution in [2.45, 2.75) is 51.2 Å². The molecule has 0 aliphatic rings. The van der Waals surface area contributed by atoms with Crippen LogP contribution in [0, 0.1) is 6.92 Å². The zero-order valence-electron chi connectivity index (χ0n) is 11.9. The van der Waals surface area contributed by atoms with Gasteiger partial charge in [-0.25, -0.2) is 0 Å². The fraction of sp³-hybridized carbons (Fsp3) is 0.600. The molecule has 0 aromatic heterocycles. The Hall–Kier alpha value is -0.670. The molecular formula is C15H25NOS. The van der Waals surface area contributed by atoms with Gasteiger partial charge in [-0.1, -0.05) is 38.1 Å². The fourth-order valence-corrected chi connectivity index (χ4v) is 3.52. The van der Waals surface area contributed by atoms with Crippen LogP contribution in [0.3, 0.4) is 0 Å². The van der Waals surface area contributed by atoms with E-state index < -0.39 is 10.8 Å². The van der Waals surface area contributed by atoms with Crippen molar-refractivity contribution in [1.82, 2.24) is 5.32 Å². The Morgan fingerprint density at radius 1 is 1.28 bits per heavy atom. The van der Waals surface area contributed by atoms with Crippen molar-refractivity contribution in [2.24, 2.45) is 0 Å². The van der Waals surface area contributed by atoms with E-state index in [1.54, 1.807) is 0 Å². The highest BCUT2D eigenvalue weighted by Gasteiger charge is 2.15. The lowest BCUT2D eigenvalue weighted by molar-refractivity contribution is 0.524. The summed E-state index contributed by atoms with van der Waals surface area (Å²) in [5.74, 6) is 0.673. The van der Waals surface area contributed by atoms with Crippen LogP contribution in [0.2, 0.25) is 0 Å². The van der Waals surface area contributed by atoms with E-state index in [2.05, 4.69) is 45.1 Å². The van der Waals surface area contributed by atoms with Crippen LogP contribution in [-0.2, 0) is 16.6 Å². The van der Waals surface area contributed by atoms with Gasteiger partial charge >= 0.3 is 0 Å². The molecule has 3 atom stereocenters. The van der Waals surface area contributed by atoms with E-state index in [9.17, 15) is 4.21 Å². The highest BCUT2D eigenvalue weighted by Crippen LogP contribution is 2.14. The molecule has 102 valence electrons. The lowest BCUT2D eigenvalue weighted by Gasteiger charge is -2.18. The monoisotopic (exact) mass is 267 g/mol. The van der Waals surface area contributed by atoms with Crippen LogP contribution >= 0.6 is 0 Å². The summed E-state index contributed by atoms with van der Waals surface area (Å²) < 4.78 is 12.3. The summed E-state index contributed by atoms with van der Waals surface area (Å²) in [6, 6.07) is 8.64. The molecule has 0 saturated heterocycles. The summed E-state index contributed by atoms with van der Waals surface area (Å²) in [5.41, 5.74) is 2.44. The van der Waals surface area contributed by atoms with Crippen molar-refractivity contribution in [3.05, 3.63) is 35.4 Å². The molecule has 0 amide bonds. The molecule has 0 bridgehead atoms. The van der Waals surface area contributed by atoms with Gasteiger partial charge in [0.1, 0.15) is 0 Å². The van der Waals surface area contributed by atoms with Gasteiger partial charge in [-0.05, 0) is 37.9 Å². The maximum atomic E-state index is 12.3. The van der Waals surface area contributed by atoms with Crippen LogP contribution in [0.15, 0.2) is 24.3 Å². The van der Waals surface area contributed by atoms with Crippen molar-refractivity contribution >= 4 is 10.8 Å².